The minimum atomic E-state index is -0.536. The Morgan fingerprint density at radius 1 is 1.33 bits per heavy atom. The molecule has 1 saturated heterocycles. The molecule has 1 amide bonds. The van der Waals surface area contributed by atoms with Gasteiger partial charge in [0.05, 0.1) is 5.71 Å². The molecular formula is C16H19FN2O2. The summed E-state index contributed by atoms with van der Waals surface area (Å²) in [6, 6.07) is 6.37. The van der Waals surface area contributed by atoms with Crippen LogP contribution in [0.2, 0.25) is 0 Å². The van der Waals surface area contributed by atoms with E-state index in [4.69, 9.17) is 4.84 Å². The highest BCUT2D eigenvalue weighted by Crippen LogP contribution is 2.23. The average molecular weight is 290 g/mol. The fraction of sp³-hybridized carbons (Fsp3) is 0.500. The van der Waals surface area contributed by atoms with Gasteiger partial charge in [-0.3, -0.25) is 4.79 Å². The first-order valence-corrected chi connectivity index (χ1v) is 7.44. The molecule has 0 radical (unpaired) electrons. The maximum absolute atomic E-state index is 12.9. The lowest BCUT2D eigenvalue weighted by atomic mass is 10.0. The van der Waals surface area contributed by atoms with E-state index in [9.17, 15) is 9.18 Å². The van der Waals surface area contributed by atoms with Gasteiger partial charge in [-0.05, 0) is 43.9 Å². The number of benzene rings is 1. The van der Waals surface area contributed by atoms with Gasteiger partial charge in [-0.2, -0.15) is 0 Å². The summed E-state index contributed by atoms with van der Waals surface area (Å²) in [5, 5.41) is 4.00. The van der Waals surface area contributed by atoms with Crippen molar-refractivity contribution in [1.29, 1.82) is 0 Å². The number of oxime groups is 1. The van der Waals surface area contributed by atoms with Gasteiger partial charge in [0.2, 0.25) is 6.10 Å². The lowest BCUT2D eigenvalue weighted by Gasteiger charge is -2.34. The summed E-state index contributed by atoms with van der Waals surface area (Å²) in [6.45, 7) is 2.87. The number of nitrogens with zero attached hydrogens (tertiary/aromatic N) is 2. The van der Waals surface area contributed by atoms with Crippen LogP contribution in [-0.2, 0) is 9.63 Å². The van der Waals surface area contributed by atoms with Gasteiger partial charge in [-0.1, -0.05) is 17.3 Å². The van der Waals surface area contributed by atoms with Crippen molar-refractivity contribution in [3.63, 3.8) is 0 Å². The molecular weight excluding hydrogens is 271 g/mol. The number of carbonyl (C=O) groups is 1. The molecule has 1 fully saturated rings. The predicted molar refractivity (Wildman–Crippen MR) is 77.5 cm³/mol. The van der Waals surface area contributed by atoms with Gasteiger partial charge in [0.1, 0.15) is 5.82 Å². The molecule has 112 valence electrons. The van der Waals surface area contributed by atoms with Crippen molar-refractivity contribution in [3.8, 4) is 0 Å². The Kier molecular flexibility index (Phi) is 3.90. The highest BCUT2D eigenvalue weighted by molar-refractivity contribution is 6.04. The van der Waals surface area contributed by atoms with Crippen LogP contribution in [0.25, 0.3) is 0 Å². The van der Waals surface area contributed by atoms with E-state index in [1.165, 1.54) is 18.6 Å². The smallest absolute Gasteiger partial charge is 0.267 e. The van der Waals surface area contributed by atoms with E-state index in [0.717, 1.165) is 24.9 Å². The molecule has 3 rings (SSSR count). The van der Waals surface area contributed by atoms with E-state index >= 15 is 0 Å². The van der Waals surface area contributed by atoms with Crippen LogP contribution < -0.4 is 0 Å². The largest absolute Gasteiger partial charge is 0.382 e. The zero-order valence-corrected chi connectivity index (χ0v) is 12.1. The molecule has 0 N–H and O–H groups in total. The van der Waals surface area contributed by atoms with Gasteiger partial charge in [0, 0.05) is 19.0 Å². The normalized spacial score (nSPS) is 25.4. The first-order chi connectivity index (χ1) is 10.1. The van der Waals surface area contributed by atoms with Gasteiger partial charge >= 0.3 is 0 Å². The average Bonchev–Trinajstić information content (AvgIpc) is 2.98. The second-order valence-corrected chi connectivity index (χ2v) is 5.72. The van der Waals surface area contributed by atoms with Crippen LogP contribution in [0.3, 0.4) is 0 Å². The van der Waals surface area contributed by atoms with Gasteiger partial charge in [0.15, 0.2) is 0 Å². The van der Waals surface area contributed by atoms with Crippen molar-refractivity contribution in [2.24, 2.45) is 5.16 Å². The topological polar surface area (TPSA) is 41.9 Å². The Bertz CT molecular complexity index is 556. The molecule has 0 aromatic heterocycles. The molecule has 5 heteroatoms. The van der Waals surface area contributed by atoms with E-state index in [1.54, 1.807) is 12.1 Å². The molecule has 2 aliphatic rings. The molecule has 0 bridgehead atoms. The molecule has 2 atom stereocenters. The van der Waals surface area contributed by atoms with Crippen molar-refractivity contribution < 1.29 is 14.0 Å². The van der Waals surface area contributed by atoms with Gasteiger partial charge < -0.3 is 9.74 Å². The lowest BCUT2D eigenvalue weighted by Crippen LogP contribution is -2.47. The molecule has 21 heavy (non-hydrogen) atoms. The first kappa shape index (κ1) is 14.0. The molecule has 0 spiro atoms. The minimum Gasteiger partial charge on any atom is -0.382 e. The second kappa shape index (κ2) is 5.84. The summed E-state index contributed by atoms with van der Waals surface area (Å²) < 4.78 is 12.9. The van der Waals surface area contributed by atoms with Crippen LogP contribution in [0.15, 0.2) is 29.4 Å². The van der Waals surface area contributed by atoms with Crippen molar-refractivity contribution in [3.05, 3.63) is 35.6 Å². The molecule has 0 unspecified atom stereocenters. The number of halogens is 1. The molecule has 0 saturated carbocycles. The number of rotatable bonds is 2. The summed E-state index contributed by atoms with van der Waals surface area (Å²) in [5.74, 6) is -0.268. The van der Waals surface area contributed by atoms with Crippen LogP contribution >= 0.6 is 0 Å². The van der Waals surface area contributed by atoms with Crippen molar-refractivity contribution in [1.82, 2.24) is 4.90 Å². The summed E-state index contributed by atoms with van der Waals surface area (Å²) in [7, 11) is 0. The Labute approximate surface area is 123 Å². The molecule has 4 nitrogen and oxygen atoms in total. The highest BCUT2D eigenvalue weighted by Gasteiger charge is 2.35. The number of carbonyl (C=O) groups excluding carboxylic acids is 1. The monoisotopic (exact) mass is 290 g/mol. The van der Waals surface area contributed by atoms with E-state index in [1.807, 2.05) is 4.90 Å². The highest BCUT2D eigenvalue weighted by atomic mass is 19.1. The lowest BCUT2D eigenvalue weighted by molar-refractivity contribution is -0.145. The fourth-order valence-corrected chi connectivity index (χ4v) is 2.93. The van der Waals surface area contributed by atoms with Crippen LogP contribution in [0, 0.1) is 5.82 Å². The first-order valence-electron chi connectivity index (χ1n) is 7.44. The molecule has 0 aliphatic carbocycles. The SMILES string of the molecule is C[C@@H]1CCCCN1C(=O)[C@H]1CC(c2ccc(F)cc2)=NO1. The molecule has 1 aromatic rings. The summed E-state index contributed by atoms with van der Waals surface area (Å²) >= 11 is 0. The number of hydrogen-bond acceptors (Lipinski definition) is 3. The second-order valence-electron chi connectivity index (χ2n) is 5.72. The minimum absolute atomic E-state index is 0.0167. The number of amides is 1. The third-order valence-corrected chi connectivity index (χ3v) is 4.21. The maximum Gasteiger partial charge on any atom is 0.267 e. The summed E-state index contributed by atoms with van der Waals surface area (Å²) in [4.78, 5) is 19.7. The zero-order chi connectivity index (χ0) is 14.8. The van der Waals surface area contributed by atoms with Crippen LogP contribution in [-0.4, -0.2) is 35.2 Å². The third-order valence-electron chi connectivity index (χ3n) is 4.21. The van der Waals surface area contributed by atoms with E-state index in [2.05, 4.69) is 12.1 Å². The fourth-order valence-electron chi connectivity index (χ4n) is 2.93. The molecule has 2 aliphatic heterocycles. The Morgan fingerprint density at radius 3 is 2.81 bits per heavy atom. The Morgan fingerprint density at radius 2 is 2.10 bits per heavy atom. The molecule has 2 heterocycles. The third kappa shape index (κ3) is 2.91. The van der Waals surface area contributed by atoms with E-state index in [-0.39, 0.29) is 17.8 Å². The van der Waals surface area contributed by atoms with Gasteiger partial charge in [-0.15, -0.1) is 0 Å². The standard InChI is InChI=1S/C16H19FN2O2/c1-11-4-2-3-9-19(11)16(20)15-10-14(18-21-15)12-5-7-13(17)8-6-12/h5-8,11,15H,2-4,9-10H2,1H3/t11-,15-/m1/s1. The van der Waals surface area contributed by atoms with Gasteiger partial charge in [0.25, 0.3) is 5.91 Å². The van der Waals surface area contributed by atoms with Crippen molar-refractivity contribution in [2.45, 2.75) is 44.8 Å². The Hall–Kier alpha value is -1.91. The summed E-state index contributed by atoms with van der Waals surface area (Å²) in [6.07, 6.45) is 3.19. The summed E-state index contributed by atoms with van der Waals surface area (Å²) in [5.41, 5.74) is 1.51. The van der Waals surface area contributed by atoms with Crippen LogP contribution in [0.5, 0.6) is 0 Å². The number of piperidine rings is 1. The maximum atomic E-state index is 12.9. The van der Waals surface area contributed by atoms with E-state index in [0.29, 0.717) is 12.1 Å². The van der Waals surface area contributed by atoms with Crippen molar-refractivity contribution >= 4 is 11.6 Å². The number of likely N-dealkylation sites (tertiary alicyclic amines) is 1. The number of hydrogen-bond donors (Lipinski definition) is 0. The van der Waals surface area contributed by atoms with E-state index < -0.39 is 6.10 Å². The van der Waals surface area contributed by atoms with Gasteiger partial charge in [-0.25, -0.2) is 4.39 Å². The van der Waals surface area contributed by atoms with Crippen LogP contribution in [0.4, 0.5) is 4.39 Å². The Balaban J connectivity index is 1.65. The molecule has 1 aromatic carbocycles. The quantitative estimate of drug-likeness (QED) is 0.840. The predicted octanol–water partition coefficient (Wildman–Crippen LogP) is 2.72. The van der Waals surface area contributed by atoms with Crippen LogP contribution in [0.1, 0.15) is 38.2 Å². The zero-order valence-electron chi connectivity index (χ0n) is 12.1. The van der Waals surface area contributed by atoms with Crippen molar-refractivity contribution in [2.75, 3.05) is 6.54 Å².